The van der Waals surface area contributed by atoms with E-state index in [2.05, 4.69) is 0 Å². The lowest BCUT2D eigenvalue weighted by Crippen LogP contribution is -2.39. The molecule has 9 heteroatoms. The number of esters is 4. The first-order valence-corrected chi connectivity index (χ1v) is 14.4. The first-order chi connectivity index (χ1) is 18.7. The molecule has 0 fully saturated rings. The van der Waals surface area contributed by atoms with E-state index < -0.39 is 36.2 Å². The standard InChI is InChI=1S/C31H49NO8/c1-9-21(6)16-30(35)37-22(7)23(8)38-31(36)25(32)17-24-12-13-26(39-28(33)14-10-19(2)3)27(18-24)40-29(34)15-11-20(4)5/h12-13,18-23,25H,9-11,14-17,32H2,1-8H3/t21?,22-,23-,25-/m0/s1. The summed E-state index contributed by atoms with van der Waals surface area (Å²) in [5.41, 5.74) is 6.72. The third kappa shape index (κ3) is 13.9. The summed E-state index contributed by atoms with van der Waals surface area (Å²) < 4.78 is 21.9. The molecule has 1 aromatic carbocycles. The molecule has 226 valence electrons. The normalized spacial score (nSPS) is 14.3. The van der Waals surface area contributed by atoms with Crippen LogP contribution in [0.5, 0.6) is 11.5 Å². The number of hydrogen-bond acceptors (Lipinski definition) is 9. The number of carbonyl (C=O) groups is 4. The Morgan fingerprint density at radius 3 is 1.80 bits per heavy atom. The van der Waals surface area contributed by atoms with E-state index in [9.17, 15) is 19.2 Å². The van der Waals surface area contributed by atoms with Crippen LogP contribution in [0, 0.1) is 17.8 Å². The highest BCUT2D eigenvalue weighted by Gasteiger charge is 2.25. The van der Waals surface area contributed by atoms with Gasteiger partial charge in [0.15, 0.2) is 11.5 Å². The van der Waals surface area contributed by atoms with Crippen LogP contribution in [-0.4, -0.2) is 42.1 Å². The van der Waals surface area contributed by atoms with Gasteiger partial charge in [-0.05, 0) is 68.6 Å². The van der Waals surface area contributed by atoms with Gasteiger partial charge < -0.3 is 24.7 Å². The van der Waals surface area contributed by atoms with E-state index in [4.69, 9.17) is 24.7 Å². The molecular formula is C31H49NO8. The molecule has 0 aliphatic carbocycles. The maximum absolute atomic E-state index is 12.7. The van der Waals surface area contributed by atoms with Gasteiger partial charge in [-0.15, -0.1) is 0 Å². The maximum Gasteiger partial charge on any atom is 0.323 e. The van der Waals surface area contributed by atoms with Gasteiger partial charge in [-0.1, -0.05) is 54.0 Å². The Kier molecular flexibility index (Phi) is 15.5. The number of nitrogens with two attached hydrogens (primary N) is 1. The van der Waals surface area contributed by atoms with Gasteiger partial charge in [0.1, 0.15) is 18.2 Å². The molecule has 0 spiro atoms. The fourth-order valence-corrected chi connectivity index (χ4v) is 3.49. The van der Waals surface area contributed by atoms with Gasteiger partial charge >= 0.3 is 23.9 Å². The maximum atomic E-state index is 12.7. The molecular weight excluding hydrogens is 514 g/mol. The van der Waals surface area contributed by atoms with E-state index in [1.54, 1.807) is 26.0 Å². The van der Waals surface area contributed by atoms with Crippen LogP contribution in [0.2, 0.25) is 0 Å². The minimum Gasteiger partial charge on any atom is -0.459 e. The van der Waals surface area contributed by atoms with Crippen LogP contribution in [0.3, 0.4) is 0 Å². The molecule has 0 saturated heterocycles. The van der Waals surface area contributed by atoms with E-state index in [1.165, 1.54) is 6.07 Å². The van der Waals surface area contributed by atoms with Gasteiger partial charge in [-0.3, -0.25) is 19.2 Å². The number of hydrogen-bond donors (Lipinski definition) is 1. The summed E-state index contributed by atoms with van der Waals surface area (Å²) in [4.78, 5) is 49.5. The molecule has 0 aromatic heterocycles. The number of ether oxygens (including phenoxy) is 4. The molecule has 9 nitrogen and oxygen atoms in total. The van der Waals surface area contributed by atoms with Crippen molar-refractivity contribution in [2.24, 2.45) is 23.5 Å². The average molecular weight is 564 g/mol. The molecule has 0 aliphatic heterocycles. The topological polar surface area (TPSA) is 131 Å². The lowest BCUT2D eigenvalue weighted by Gasteiger charge is -2.23. The second kappa shape index (κ2) is 17.7. The molecule has 1 unspecified atom stereocenters. The zero-order valence-corrected chi connectivity index (χ0v) is 25.5. The second-order valence-electron chi connectivity index (χ2n) is 11.5. The van der Waals surface area contributed by atoms with Crippen LogP contribution >= 0.6 is 0 Å². The third-order valence-electron chi connectivity index (χ3n) is 6.56. The fourth-order valence-electron chi connectivity index (χ4n) is 3.49. The molecule has 1 aromatic rings. The number of rotatable bonds is 17. The minimum atomic E-state index is -1.02. The molecule has 40 heavy (non-hydrogen) atoms. The average Bonchev–Trinajstić information content (AvgIpc) is 2.87. The van der Waals surface area contributed by atoms with Crippen molar-refractivity contribution in [2.45, 2.75) is 119 Å². The summed E-state index contributed by atoms with van der Waals surface area (Å²) in [6.07, 6.45) is 1.71. The summed E-state index contributed by atoms with van der Waals surface area (Å²) in [5, 5.41) is 0. The van der Waals surface area contributed by atoms with Crippen LogP contribution < -0.4 is 15.2 Å². The zero-order chi connectivity index (χ0) is 30.4. The predicted octanol–water partition coefficient (Wildman–Crippen LogP) is 5.54. The van der Waals surface area contributed by atoms with Gasteiger partial charge in [-0.2, -0.15) is 0 Å². The van der Waals surface area contributed by atoms with Crippen molar-refractivity contribution in [3.63, 3.8) is 0 Å². The van der Waals surface area contributed by atoms with Crippen molar-refractivity contribution in [3.05, 3.63) is 23.8 Å². The van der Waals surface area contributed by atoms with Gasteiger partial charge in [-0.25, -0.2) is 0 Å². The Morgan fingerprint density at radius 1 is 0.750 bits per heavy atom. The zero-order valence-electron chi connectivity index (χ0n) is 25.5. The highest BCUT2D eigenvalue weighted by atomic mass is 16.6. The highest BCUT2D eigenvalue weighted by Crippen LogP contribution is 2.30. The first-order valence-electron chi connectivity index (χ1n) is 14.4. The lowest BCUT2D eigenvalue weighted by molar-refractivity contribution is -0.166. The second-order valence-corrected chi connectivity index (χ2v) is 11.5. The molecule has 0 heterocycles. The van der Waals surface area contributed by atoms with Crippen LogP contribution in [0.1, 0.15) is 99.5 Å². The van der Waals surface area contributed by atoms with Gasteiger partial charge in [0, 0.05) is 19.3 Å². The Balaban J connectivity index is 2.90. The lowest BCUT2D eigenvalue weighted by atomic mass is 10.1. The predicted molar refractivity (Wildman–Crippen MR) is 153 cm³/mol. The Morgan fingerprint density at radius 2 is 1.27 bits per heavy atom. The highest BCUT2D eigenvalue weighted by molar-refractivity contribution is 5.77. The molecule has 4 atom stereocenters. The van der Waals surface area contributed by atoms with E-state index >= 15 is 0 Å². The number of carbonyl (C=O) groups excluding carboxylic acids is 4. The molecule has 0 saturated carbocycles. The molecule has 0 aliphatic rings. The van der Waals surface area contributed by atoms with Crippen LogP contribution in [0.25, 0.3) is 0 Å². The quantitative estimate of drug-likeness (QED) is 0.192. The Hall–Kier alpha value is -2.94. The number of benzene rings is 1. The van der Waals surface area contributed by atoms with E-state index in [1.807, 2.05) is 41.5 Å². The van der Waals surface area contributed by atoms with E-state index in [0.717, 1.165) is 6.42 Å². The molecule has 1 rings (SSSR count). The molecule has 2 N–H and O–H groups in total. The molecule has 0 bridgehead atoms. The summed E-state index contributed by atoms with van der Waals surface area (Å²) >= 11 is 0. The van der Waals surface area contributed by atoms with Crippen molar-refractivity contribution in [2.75, 3.05) is 0 Å². The van der Waals surface area contributed by atoms with Crippen molar-refractivity contribution in [1.82, 2.24) is 0 Å². The van der Waals surface area contributed by atoms with Crippen molar-refractivity contribution >= 4 is 23.9 Å². The van der Waals surface area contributed by atoms with Crippen LogP contribution in [0.15, 0.2) is 18.2 Å². The van der Waals surface area contributed by atoms with Crippen molar-refractivity contribution < 1.29 is 38.1 Å². The summed E-state index contributed by atoms with van der Waals surface area (Å²) in [6.45, 7) is 15.3. The van der Waals surface area contributed by atoms with Gasteiger partial charge in [0.05, 0.1) is 0 Å². The summed E-state index contributed by atoms with van der Waals surface area (Å²) in [7, 11) is 0. The van der Waals surface area contributed by atoms with Crippen LogP contribution in [0.4, 0.5) is 0 Å². The van der Waals surface area contributed by atoms with Crippen LogP contribution in [-0.2, 0) is 35.1 Å². The van der Waals surface area contributed by atoms with Crippen molar-refractivity contribution in [1.29, 1.82) is 0 Å². The fraction of sp³-hybridized carbons (Fsp3) is 0.677. The van der Waals surface area contributed by atoms with E-state index in [0.29, 0.717) is 36.7 Å². The summed E-state index contributed by atoms with van der Waals surface area (Å²) in [5.74, 6) is -0.759. The minimum absolute atomic E-state index is 0.0891. The van der Waals surface area contributed by atoms with E-state index in [-0.39, 0.29) is 42.6 Å². The molecule has 0 radical (unpaired) electrons. The molecule has 0 amide bonds. The van der Waals surface area contributed by atoms with Gasteiger partial charge in [0.25, 0.3) is 0 Å². The summed E-state index contributed by atoms with van der Waals surface area (Å²) in [6, 6.07) is 3.72. The monoisotopic (exact) mass is 563 g/mol. The Bertz CT molecular complexity index is 974. The smallest absolute Gasteiger partial charge is 0.323 e. The Labute approximate surface area is 239 Å². The first kappa shape index (κ1) is 35.1. The largest absolute Gasteiger partial charge is 0.459 e. The van der Waals surface area contributed by atoms with Crippen molar-refractivity contribution in [3.8, 4) is 11.5 Å². The van der Waals surface area contributed by atoms with Gasteiger partial charge in [0.2, 0.25) is 0 Å². The third-order valence-corrected chi connectivity index (χ3v) is 6.56. The SMILES string of the molecule is CCC(C)CC(=O)O[C@@H](C)[C@H](C)OC(=O)[C@@H](N)Cc1ccc(OC(=O)CCC(C)C)c(OC(=O)CCC(C)C)c1.